The first-order valence-electron chi connectivity index (χ1n) is 6.28. The Morgan fingerprint density at radius 2 is 1.75 bits per heavy atom. The minimum Gasteiger partial charge on any atom is -0.489 e. The zero-order valence-corrected chi connectivity index (χ0v) is 11.2. The molecule has 0 aliphatic rings. The van der Waals surface area contributed by atoms with E-state index in [2.05, 4.69) is 0 Å². The van der Waals surface area contributed by atoms with Gasteiger partial charge in [0.2, 0.25) is 0 Å². The maximum Gasteiger partial charge on any atom is 0.269 e. The lowest BCUT2D eigenvalue weighted by atomic mass is 10.1. The summed E-state index contributed by atoms with van der Waals surface area (Å²) in [7, 11) is 0. The number of hydrogen-bond acceptors (Lipinski definition) is 4. The number of nitrogens with zero attached hydrogens (tertiary/aromatic N) is 1. The predicted molar refractivity (Wildman–Crippen MR) is 76.5 cm³/mol. The van der Waals surface area contributed by atoms with Crippen LogP contribution >= 0.6 is 0 Å². The highest BCUT2D eigenvalue weighted by Crippen LogP contribution is 2.18. The summed E-state index contributed by atoms with van der Waals surface area (Å²) in [6.07, 6.45) is 0. The largest absolute Gasteiger partial charge is 0.489 e. The van der Waals surface area contributed by atoms with Gasteiger partial charge in [-0.1, -0.05) is 12.1 Å². The number of non-ortho nitro benzene ring substituents is 1. The molecule has 2 N–H and O–H groups in total. The molecule has 104 valence electrons. The van der Waals surface area contributed by atoms with Gasteiger partial charge in [-0.3, -0.25) is 10.1 Å². The van der Waals surface area contributed by atoms with E-state index in [9.17, 15) is 10.1 Å². The number of ether oxygens (including phenoxy) is 1. The van der Waals surface area contributed by atoms with Crippen molar-refractivity contribution in [1.82, 2.24) is 0 Å². The topological polar surface area (TPSA) is 78.4 Å². The summed E-state index contributed by atoms with van der Waals surface area (Å²) in [6, 6.07) is 13.9. The van der Waals surface area contributed by atoms with Crippen molar-refractivity contribution in [2.24, 2.45) is 5.73 Å². The average Bonchev–Trinajstić information content (AvgIpc) is 2.46. The van der Waals surface area contributed by atoms with E-state index in [1.54, 1.807) is 12.1 Å². The van der Waals surface area contributed by atoms with E-state index in [1.807, 2.05) is 31.2 Å². The van der Waals surface area contributed by atoms with Crippen LogP contribution in [0.4, 0.5) is 5.69 Å². The molecule has 0 aromatic heterocycles. The van der Waals surface area contributed by atoms with Crippen molar-refractivity contribution < 1.29 is 9.66 Å². The highest BCUT2D eigenvalue weighted by atomic mass is 16.6. The predicted octanol–water partition coefficient (Wildman–Crippen LogP) is 3.19. The first-order valence-corrected chi connectivity index (χ1v) is 6.28. The van der Waals surface area contributed by atoms with Crippen molar-refractivity contribution in [3.63, 3.8) is 0 Å². The molecule has 1 unspecified atom stereocenters. The second-order valence-electron chi connectivity index (χ2n) is 4.57. The maximum absolute atomic E-state index is 10.5. The van der Waals surface area contributed by atoms with Gasteiger partial charge in [-0.2, -0.15) is 0 Å². The van der Waals surface area contributed by atoms with Crippen LogP contribution in [0.1, 0.15) is 24.1 Å². The molecule has 0 fully saturated rings. The van der Waals surface area contributed by atoms with Gasteiger partial charge in [0.05, 0.1) is 4.92 Å². The first-order chi connectivity index (χ1) is 9.56. The summed E-state index contributed by atoms with van der Waals surface area (Å²) in [6.45, 7) is 2.29. The van der Waals surface area contributed by atoms with Crippen LogP contribution < -0.4 is 10.5 Å². The van der Waals surface area contributed by atoms with Crippen LogP contribution in [-0.4, -0.2) is 4.92 Å². The normalized spacial score (nSPS) is 11.9. The Morgan fingerprint density at radius 3 is 2.25 bits per heavy atom. The van der Waals surface area contributed by atoms with E-state index in [1.165, 1.54) is 12.1 Å². The molecule has 20 heavy (non-hydrogen) atoms. The van der Waals surface area contributed by atoms with E-state index in [4.69, 9.17) is 10.5 Å². The Kier molecular flexibility index (Phi) is 4.32. The van der Waals surface area contributed by atoms with E-state index < -0.39 is 4.92 Å². The van der Waals surface area contributed by atoms with Gasteiger partial charge < -0.3 is 10.5 Å². The van der Waals surface area contributed by atoms with Crippen molar-refractivity contribution in [1.29, 1.82) is 0 Å². The summed E-state index contributed by atoms with van der Waals surface area (Å²) in [5, 5.41) is 10.5. The fraction of sp³-hybridized carbons (Fsp3) is 0.200. The van der Waals surface area contributed by atoms with Gasteiger partial charge in [-0.15, -0.1) is 0 Å². The SMILES string of the molecule is CC(N)c1ccc(OCc2ccc([N+](=O)[O-])cc2)cc1. The smallest absolute Gasteiger partial charge is 0.269 e. The zero-order chi connectivity index (χ0) is 14.5. The summed E-state index contributed by atoms with van der Waals surface area (Å²) in [4.78, 5) is 10.1. The molecular formula is C15H16N2O3. The van der Waals surface area contributed by atoms with Crippen LogP contribution in [0.2, 0.25) is 0 Å². The summed E-state index contributed by atoms with van der Waals surface area (Å²) < 4.78 is 5.62. The second kappa shape index (κ2) is 6.16. The molecule has 2 rings (SSSR count). The van der Waals surface area contributed by atoms with Crippen molar-refractivity contribution in [2.45, 2.75) is 19.6 Å². The lowest BCUT2D eigenvalue weighted by molar-refractivity contribution is -0.384. The molecule has 0 bridgehead atoms. The minimum atomic E-state index is -0.419. The minimum absolute atomic E-state index is 0.00118. The van der Waals surface area contributed by atoms with Gasteiger partial charge in [-0.25, -0.2) is 0 Å². The van der Waals surface area contributed by atoms with E-state index in [0.717, 1.165) is 16.9 Å². The molecule has 2 aromatic rings. The standard InChI is InChI=1S/C15H16N2O3/c1-11(16)13-4-8-15(9-5-13)20-10-12-2-6-14(7-3-12)17(18)19/h2-9,11H,10,16H2,1H3. The Bertz CT molecular complexity index is 577. The van der Waals surface area contributed by atoms with E-state index in [-0.39, 0.29) is 11.7 Å². The Balaban J connectivity index is 1.96. The summed E-state index contributed by atoms with van der Waals surface area (Å²) >= 11 is 0. The molecule has 0 aliphatic carbocycles. The van der Waals surface area contributed by atoms with Gasteiger partial charge in [0.1, 0.15) is 12.4 Å². The van der Waals surface area contributed by atoms with Crippen LogP contribution in [0.5, 0.6) is 5.75 Å². The molecule has 0 saturated heterocycles. The third-order valence-electron chi connectivity index (χ3n) is 2.96. The molecule has 1 atom stereocenters. The Labute approximate surface area is 117 Å². The van der Waals surface area contributed by atoms with Crippen LogP contribution in [0, 0.1) is 10.1 Å². The van der Waals surface area contributed by atoms with Gasteiger partial charge in [0.15, 0.2) is 0 Å². The molecule has 2 aromatic carbocycles. The highest BCUT2D eigenvalue weighted by molar-refractivity contribution is 5.33. The molecule has 0 aliphatic heterocycles. The number of rotatable bonds is 5. The molecular weight excluding hydrogens is 256 g/mol. The van der Waals surface area contributed by atoms with Crippen LogP contribution in [0.3, 0.4) is 0 Å². The fourth-order valence-corrected chi connectivity index (χ4v) is 1.75. The summed E-state index contributed by atoms with van der Waals surface area (Å²) in [5.41, 5.74) is 7.78. The van der Waals surface area contributed by atoms with Crippen molar-refractivity contribution in [3.05, 3.63) is 69.8 Å². The number of nitrogens with two attached hydrogens (primary N) is 1. The number of hydrogen-bond donors (Lipinski definition) is 1. The highest BCUT2D eigenvalue weighted by Gasteiger charge is 2.04. The molecule has 0 amide bonds. The zero-order valence-electron chi connectivity index (χ0n) is 11.2. The van der Waals surface area contributed by atoms with Gasteiger partial charge in [-0.05, 0) is 42.3 Å². The molecule has 0 radical (unpaired) electrons. The Morgan fingerprint density at radius 1 is 1.15 bits per heavy atom. The number of benzene rings is 2. The number of nitro groups is 1. The molecule has 5 heteroatoms. The van der Waals surface area contributed by atoms with Crippen molar-refractivity contribution in [2.75, 3.05) is 0 Å². The lowest BCUT2D eigenvalue weighted by Gasteiger charge is -2.09. The average molecular weight is 272 g/mol. The lowest BCUT2D eigenvalue weighted by Crippen LogP contribution is -2.04. The monoisotopic (exact) mass is 272 g/mol. The maximum atomic E-state index is 10.5. The number of nitro benzene ring substituents is 1. The van der Waals surface area contributed by atoms with Crippen LogP contribution in [-0.2, 0) is 6.61 Å². The van der Waals surface area contributed by atoms with Crippen molar-refractivity contribution in [3.8, 4) is 5.75 Å². The first kappa shape index (κ1) is 14.0. The molecule has 0 heterocycles. The summed E-state index contributed by atoms with van der Waals surface area (Å²) in [5.74, 6) is 0.743. The van der Waals surface area contributed by atoms with Gasteiger partial charge in [0, 0.05) is 18.2 Å². The van der Waals surface area contributed by atoms with E-state index in [0.29, 0.717) is 6.61 Å². The van der Waals surface area contributed by atoms with Crippen molar-refractivity contribution >= 4 is 5.69 Å². The van der Waals surface area contributed by atoms with Gasteiger partial charge in [0.25, 0.3) is 5.69 Å². The van der Waals surface area contributed by atoms with Crippen LogP contribution in [0.25, 0.3) is 0 Å². The van der Waals surface area contributed by atoms with E-state index >= 15 is 0 Å². The van der Waals surface area contributed by atoms with Crippen LogP contribution in [0.15, 0.2) is 48.5 Å². The fourth-order valence-electron chi connectivity index (χ4n) is 1.75. The second-order valence-corrected chi connectivity index (χ2v) is 4.57. The van der Waals surface area contributed by atoms with Gasteiger partial charge >= 0.3 is 0 Å². The molecule has 0 spiro atoms. The Hall–Kier alpha value is -2.40. The molecule has 5 nitrogen and oxygen atoms in total. The quantitative estimate of drug-likeness (QED) is 0.669. The molecule has 0 saturated carbocycles. The third kappa shape index (κ3) is 3.55. The third-order valence-corrected chi connectivity index (χ3v) is 2.96.